The van der Waals surface area contributed by atoms with E-state index in [4.69, 9.17) is 13.9 Å². The number of aliphatic hydroxyl groups is 1. The maximum atomic E-state index is 13.4. The standard InChI is InChI=1S/C40H43N5O8/c1-51-36-22-34-26(19-27(36)23-41-24-35(47)31-20-28(46)21-33-38(31)53-40(50)43-33)11-18-45(34)37(48)14-17-44-15-12-29(13-16-44)52-39(49)42-32-10-6-5-9-30(32)25-7-3-2-4-8-25/h2-10,19-22,29,35,41,46-47H,11-18,23-24H2,1H3,(H,42,49)(H,43,50)/t35-/m0/s1. The Kier molecular flexibility index (Phi) is 10.8. The molecule has 13 heteroatoms. The van der Waals surface area contributed by atoms with Crippen molar-refractivity contribution >= 4 is 34.5 Å². The number of amides is 2. The van der Waals surface area contributed by atoms with Crippen molar-refractivity contribution in [3.63, 3.8) is 0 Å². The van der Waals surface area contributed by atoms with Crippen molar-refractivity contribution in [3.8, 4) is 22.6 Å². The lowest BCUT2D eigenvalue weighted by atomic mass is 10.0. The van der Waals surface area contributed by atoms with Gasteiger partial charge in [-0.25, -0.2) is 9.59 Å². The second-order valence-electron chi connectivity index (χ2n) is 13.4. The van der Waals surface area contributed by atoms with Crippen LogP contribution in [-0.2, 0) is 22.5 Å². The molecule has 0 unspecified atom stereocenters. The molecule has 1 fully saturated rings. The first-order valence-corrected chi connectivity index (χ1v) is 17.8. The van der Waals surface area contributed by atoms with Crippen molar-refractivity contribution in [2.24, 2.45) is 0 Å². The molecule has 1 aromatic heterocycles. The maximum Gasteiger partial charge on any atom is 0.417 e. The second-order valence-corrected chi connectivity index (χ2v) is 13.4. The largest absolute Gasteiger partial charge is 0.508 e. The van der Waals surface area contributed by atoms with Gasteiger partial charge in [-0.15, -0.1) is 0 Å². The number of fused-ring (bicyclic) bond motifs is 2. The lowest BCUT2D eigenvalue weighted by molar-refractivity contribution is -0.118. The van der Waals surface area contributed by atoms with Crippen molar-refractivity contribution in [1.29, 1.82) is 0 Å². The molecule has 53 heavy (non-hydrogen) atoms. The van der Waals surface area contributed by atoms with E-state index in [2.05, 4.69) is 20.5 Å². The number of carbonyl (C=O) groups excluding carboxylic acids is 2. The van der Waals surface area contributed by atoms with Crippen LogP contribution >= 0.6 is 0 Å². The third kappa shape index (κ3) is 8.22. The number of H-pyrrole nitrogens is 1. The van der Waals surface area contributed by atoms with Gasteiger partial charge in [0.2, 0.25) is 5.91 Å². The SMILES string of the molecule is COc1cc2c(cc1CNC[C@H](O)c1cc(O)cc3[nH]c(=O)oc13)CCN2C(=O)CCN1CCC(OC(=O)Nc2ccccc2-c2ccccc2)CC1. The van der Waals surface area contributed by atoms with E-state index in [1.165, 1.54) is 12.1 Å². The Morgan fingerprint density at radius 1 is 1.02 bits per heavy atom. The average Bonchev–Trinajstić information content (AvgIpc) is 3.76. The first-order valence-electron chi connectivity index (χ1n) is 17.8. The molecule has 0 saturated carbocycles. The van der Waals surface area contributed by atoms with Gasteiger partial charge >= 0.3 is 11.8 Å². The number of nitrogens with zero attached hydrogens (tertiary/aromatic N) is 2. The molecule has 0 radical (unpaired) electrons. The van der Waals surface area contributed by atoms with E-state index in [1.807, 2.05) is 71.6 Å². The van der Waals surface area contributed by atoms with E-state index in [-0.39, 0.29) is 29.9 Å². The van der Waals surface area contributed by atoms with Crippen LogP contribution in [0.5, 0.6) is 11.5 Å². The van der Waals surface area contributed by atoms with E-state index in [0.29, 0.717) is 61.4 Å². The number of phenolic OH excluding ortho intramolecular Hbond substituents is 1. The van der Waals surface area contributed by atoms with E-state index < -0.39 is 18.0 Å². The third-order valence-electron chi connectivity index (χ3n) is 9.92. The molecule has 13 nitrogen and oxygen atoms in total. The number of aromatic hydroxyl groups is 1. The molecule has 276 valence electrons. The highest BCUT2D eigenvalue weighted by atomic mass is 16.6. The highest BCUT2D eigenvalue weighted by Crippen LogP contribution is 2.36. The van der Waals surface area contributed by atoms with Crippen LogP contribution in [0.3, 0.4) is 0 Å². The van der Waals surface area contributed by atoms with Crippen LogP contribution in [-0.4, -0.2) is 78.0 Å². The van der Waals surface area contributed by atoms with Gasteiger partial charge in [-0.05, 0) is 48.6 Å². The summed E-state index contributed by atoms with van der Waals surface area (Å²) in [6, 6.07) is 24.2. The molecular weight excluding hydrogens is 678 g/mol. The Hall–Kier alpha value is -5.63. The fourth-order valence-corrected chi connectivity index (χ4v) is 7.22. The summed E-state index contributed by atoms with van der Waals surface area (Å²) in [4.78, 5) is 44.5. The van der Waals surface area contributed by atoms with Gasteiger partial charge in [0, 0.05) is 74.5 Å². The number of aromatic amines is 1. The molecule has 1 saturated heterocycles. The van der Waals surface area contributed by atoms with Crippen LogP contribution in [0.2, 0.25) is 0 Å². The molecule has 4 aromatic carbocycles. The Bertz CT molecular complexity index is 2140. The number of aliphatic hydroxyl groups excluding tert-OH is 1. The number of hydrogen-bond acceptors (Lipinski definition) is 10. The van der Waals surface area contributed by atoms with Crippen molar-refractivity contribution < 1.29 is 33.7 Å². The number of aromatic nitrogens is 1. The Morgan fingerprint density at radius 2 is 1.79 bits per heavy atom. The van der Waals surface area contributed by atoms with Crippen molar-refractivity contribution in [1.82, 2.24) is 15.2 Å². The number of methoxy groups -OCH3 is 1. The molecule has 7 rings (SSSR count). The smallest absolute Gasteiger partial charge is 0.417 e. The number of anilines is 2. The number of ether oxygens (including phenoxy) is 2. The zero-order chi connectivity index (χ0) is 36.9. The van der Waals surface area contributed by atoms with Crippen LogP contribution in [0, 0.1) is 0 Å². The normalized spacial score (nSPS) is 15.3. The lowest BCUT2D eigenvalue weighted by Crippen LogP contribution is -2.40. The van der Waals surface area contributed by atoms with E-state index in [0.717, 1.165) is 47.5 Å². The number of likely N-dealkylation sites (tertiary alicyclic amines) is 1. The average molecular weight is 722 g/mol. The monoisotopic (exact) mass is 721 g/mol. The van der Waals surface area contributed by atoms with Crippen molar-refractivity contribution in [2.75, 3.05) is 50.1 Å². The number of carbonyl (C=O) groups is 2. The molecule has 1 atom stereocenters. The minimum Gasteiger partial charge on any atom is -0.508 e. The first-order chi connectivity index (χ1) is 25.7. The van der Waals surface area contributed by atoms with Crippen LogP contribution in [0.1, 0.15) is 42.1 Å². The number of nitrogens with one attached hydrogen (secondary N) is 3. The van der Waals surface area contributed by atoms with Gasteiger partial charge in [0.15, 0.2) is 5.58 Å². The van der Waals surface area contributed by atoms with Gasteiger partial charge < -0.3 is 39.2 Å². The minimum atomic E-state index is -1.05. The quantitative estimate of drug-likeness (QED) is 0.114. The second kappa shape index (κ2) is 15.9. The molecule has 2 aliphatic rings. The number of piperidine rings is 1. The van der Waals surface area contributed by atoms with Crippen molar-refractivity contribution in [2.45, 2.75) is 44.4 Å². The molecule has 5 aromatic rings. The molecule has 5 N–H and O–H groups in total. The fraction of sp³-hybridized carbons (Fsp3) is 0.325. The fourth-order valence-electron chi connectivity index (χ4n) is 7.22. The van der Waals surface area contributed by atoms with Crippen LogP contribution in [0.4, 0.5) is 16.2 Å². The lowest BCUT2D eigenvalue weighted by Gasteiger charge is -2.31. The minimum absolute atomic E-state index is 0.0449. The highest BCUT2D eigenvalue weighted by Gasteiger charge is 2.28. The van der Waals surface area contributed by atoms with Gasteiger partial charge in [-0.1, -0.05) is 48.5 Å². The van der Waals surface area contributed by atoms with Gasteiger partial charge in [0.1, 0.15) is 17.6 Å². The molecule has 3 heterocycles. The highest BCUT2D eigenvalue weighted by molar-refractivity contribution is 5.96. The summed E-state index contributed by atoms with van der Waals surface area (Å²) in [5, 5.41) is 27.0. The summed E-state index contributed by atoms with van der Waals surface area (Å²) in [5.74, 6) is -0.0985. The molecule has 0 bridgehead atoms. The zero-order valence-corrected chi connectivity index (χ0v) is 29.5. The number of phenols is 1. The third-order valence-corrected chi connectivity index (χ3v) is 9.92. The number of para-hydroxylation sites is 1. The zero-order valence-electron chi connectivity index (χ0n) is 29.5. The van der Waals surface area contributed by atoms with Gasteiger partial charge in [0.05, 0.1) is 30.1 Å². The first kappa shape index (κ1) is 35.8. The van der Waals surface area contributed by atoms with E-state index >= 15 is 0 Å². The Labute approximate surface area is 306 Å². The van der Waals surface area contributed by atoms with Crippen LogP contribution in [0.25, 0.3) is 22.2 Å². The topological polar surface area (TPSA) is 170 Å². The van der Waals surface area contributed by atoms with Crippen LogP contribution < -0.4 is 26.0 Å². The van der Waals surface area contributed by atoms with Gasteiger partial charge in [0.25, 0.3) is 0 Å². The van der Waals surface area contributed by atoms with E-state index in [9.17, 15) is 24.6 Å². The van der Waals surface area contributed by atoms with E-state index in [1.54, 1.807) is 7.11 Å². The number of rotatable bonds is 12. The number of oxazole rings is 1. The van der Waals surface area contributed by atoms with Gasteiger partial charge in [-0.3, -0.25) is 15.1 Å². The summed E-state index contributed by atoms with van der Waals surface area (Å²) in [5.41, 5.74) is 6.20. The Morgan fingerprint density at radius 3 is 2.58 bits per heavy atom. The van der Waals surface area contributed by atoms with Crippen molar-refractivity contribution in [3.05, 3.63) is 106 Å². The molecule has 2 aliphatic heterocycles. The summed E-state index contributed by atoms with van der Waals surface area (Å²) >= 11 is 0. The summed E-state index contributed by atoms with van der Waals surface area (Å²) in [6.45, 7) is 3.17. The number of hydrogen-bond donors (Lipinski definition) is 5. The van der Waals surface area contributed by atoms with Gasteiger partial charge in [-0.2, -0.15) is 0 Å². The summed E-state index contributed by atoms with van der Waals surface area (Å²) in [7, 11) is 1.58. The summed E-state index contributed by atoms with van der Waals surface area (Å²) in [6.07, 6.45) is 0.762. The molecule has 0 spiro atoms. The molecule has 0 aliphatic carbocycles. The molecule has 2 amide bonds. The number of benzene rings is 4. The predicted molar refractivity (Wildman–Crippen MR) is 200 cm³/mol. The van der Waals surface area contributed by atoms with Crippen LogP contribution in [0.15, 0.2) is 88.1 Å². The predicted octanol–water partition coefficient (Wildman–Crippen LogP) is 5.32. The summed E-state index contributed by atoms with van der Waals surface area (Å²) < 4.78 is 16.6. The Balaban J connectivity index is 0.877. The maximum absolute atomic E-state index is 13.4. The molecular formula is C40H43N5O8.